The molecule has 5 atom stereocenters. The number of para-hydroxylation sites is 1. The molecule has 0 spiro atoms. The summed E-state index contributed by atoms with van der Waals surface area (Å²) < 4.78 is 20.0. The lowest BCUT2D eigenvalue weighted by Crippen LogP contribution is -2.65. The summed E-state index contributed by atoms with van der Waals surface area (Å²) in [6.45, 7) is 6.87. The number of aromatic carboxylic acids is 1. The Hall–Kier alpha value is -2.96. The number of nitrogens with one attached hydrogen (secondary N) is 1. The third kappa shape index (κ3) is 4.40. The number of carboxylic acids is 1. The Balaban J connectivity index is 1.41. The number of ether oxygens (including phenoxy) is 1. The average molecular weight is 511 g/mol. The number of rotatable bonds is 9. The van der Waals surface area contributed by atoms with Gasteiger partial charge in [-0.25, -0.2) is 9.48 Å². The van der Waals surface area contributed by atoms with E-state index in [1.807, 2.05) is 0 Å². The first kappa shape index (κ1) is 25.7. The van der Waals surface area contributed by atoms with Crippen LogP contribution in [0, 0.1) is 17.3 Å². The summed E-state index contributed by atoms with van der Waals surface area (Å²) in [5, 5.41) is 20.6. The fourth-order valence-electron chi connectivity index (χ4n) is 6.59. The number of methoxy groups -OCH3 is 1. The quantitative estimate of drug-likeness (QED) is 0.425. The van der Waals surface area contributed by atoms with E-state index >= 15 is 0 Å². The van der Waals surface area contributed by atoms with E-state index in [4.69, 9.17) is 19.8 Å². The largest absolute Gasteiger partial charge is 0.496 e. The van der Waals surface area contributed by atoms with Gasteiger partial charge in [-0.1, -0.05) is 31.2 Å². The first-order chi connectivity index (χ1) is 17.6. The highest BCUT2D eigenvalue weighted by Crippen LogP contribution is 2.65. The van der Waals surface area contributed by atoms with Gasteiger partial charge in [0, 0.05) is 6.54 Å². The minimum absolute atomic E-state index is 0.0541. The van der Waals surface area contributed by atoms with E-state index < -0.39 is 24.6 Å². The van der Waals surface area contributed by atoms with Crippen molar-refractivity contribution in [2.75, 3.05) is 7.11 Å². The first-order valence-corrected chi connectivity index (χ1v) is 12.7. The fourth-order valence-corrected chi connectivity index (χ4v) is 6.59. The summed E-state index contributed by atoms with van der Waals surface area (Å²) in [5.74, 6) is -0.783. The number of hydrogen-bond acceptors (Lipinski definition) is 8. The lowest BCUT2D eigenvalue weighted by atomic mass is 9.43. The van der Waals surface area contributed by atoms with Gasteiger partial charge >= 0.3 is 13.1 Å². The first-order valence-electron chi connectivity index (χ1n) is 12.7. The maximum Gasteiger partial charge on any atom is 0.482 e. The summed E-state index contributed by atoms with van der Waals surface area (Å²) in [7, 11) is 0.731. The number of carbonyl (C=O) groups excluding carboxylic acids is 1. The lowest BCUT2D eigenvalue weighted by Gasteiger charge is -2.64. The van der Waals surface area contributed by atoms with Gasteiger partial charge in [-0.05, 0) is 55.1 Å². The Morgan fingerprint density at radius 1 is 1.35 bits per heavy atom. The maximum absolute atomic E-state index is 13.1. The molecule has 3 aliphatic carbocycles. The van der Waals surface area contributed by atoms with Crippen LogP contribution in [-0.4, -0.2) is 63.9 Å². The fraction of sp³-hybridized carbons (Fsp3) is 0.600. The van der Waals surface area contributed by atoms with Crippen molar-refractivity contribution < 1.29 is 28.7 Å². The second-order valence-electron chi connectivity index (χ2n) is 11.1. The molecule has 4 aliphatic rings. The highest BCUT2D eigenvalue weighted by molar-refractivity contribution is 6.48. The van der Waals surface area contributed by atoms with Gasteiger partial charge < -0.3 is 30.2 Å². The van der Waals surface area contributed by atoms with E-state index in [2.05, 4.69) is 36.4 Å². The molecule has 2 bridgehead atoms. The van der Waals surface area contributed by atoms with E-state index in [9.17, 15) is 14.7 Å². The van der Waals surface area contributed by atoms with Crippen molar-refractivity contribution in [1.29, 1.82) is 0 Å². The van der Waals surface area contributed by atoms with Gasteiger partial charge in [-0.3, -0.25) is 4.79 Å². The molecule has 1 aliphatic heterocycles. The molecular weight excluding hydrogens is 477 g/mol. The third-order valence-electron chi connectivity index (χ3n) is 8.72. The monoisotopic (exact) mass is 511 g/mol. The van der Waals surface area contributed by atoms with E-state index in [0.717, 1.165) is 12.8 Å². The van der Waals surface area contributed by atoms with Gasteiger partial charge in [0.1, 0.15) is 17.9 Å². The van der Waals surface area contributed by atoms with Crippen LogP contribution in [0.25, 0.3) is 0 Å². The highest BCUT2D eigenvalue weighted by atomic mass is 16.7. The summed E-state index contributed by atoms with van der Waals surface area (Å²) in [6, 6.07) is 4.95. The van der Waals surface area contributed by atoms with E-state index in [0.29, 0.717) is 23.1 Å². The molecular formula is C25H34BN5O6. The van der Waals surface area contributed by atoms with Gasteiger partial charge in [0.05, 0.1) is 36.6 Å². The molecule has 198 valence electrons. The molecule has 1 aromatic carbocycles. The van der Waals surface area contributed by atoms with Crippen molar-refractivity contribution in [3.05, 3.63) is 41.2 Å². The van der Waals surface area contributed by atoms with Crippen LogP contribution in [0.2, 0.25) is 0 Å². The van der Waals surface area contributed by atoms with Crippen molar-refractivity contribution in [2.45, 2.75) is 70.8 Å². The normalized spacial score (nSPS) is 28.2. The van der Waals surface area contributed by atoms with Crippen molar-refractivity contribution in [3.63, 3.8) is 0 Å². The number of amides is 1. The van der Waals surface area contributed by atoms with Crippen molar-refractivity contribution >= 4 is 19.0 Å². The summed E-state index contributed by atoms with van der Waals surface area (Å²) in [4.78, 5) is 24.9. The second-order valence-corrected chi connectivity index (χ2v) is 11.1. The van der Waals surface area contributed by atoms with Crippen molar-refractivity contribution in [2.24, 2.45) is 23.0 Å². The standard InChI is InChI=1S/C25H34BN5O6/c1-24(2)15-9-18(24)25(3)19(10-15)36-26(37-25)20(28-21(32)13-31-12-16(11-27)29-30-31)8-14-6-5-7-17(23(33)34)22(14)35-4/h5-7,12,15,18-20H,8-11,13,27H2,1-4H3,(H,28,32)(H,33,34)/t15-,18-,19+,20-,25-/m0/s1. The molecule has 4 fully saturated rings. The Bertz CT molecular complexity index is 1200. The number of nitrogens with two attached hydrogens (primary N) is 1. The average Bonchev–Trinajstić information content (AvgIpc) is 3.46. The van der Waals surface area contributed by atoms with Gasteiger partial charge in [0.2, 0.25) is 5.91 Å². The van der Waals surface area contributed by atoms with Crippen LogP contribution in [0.15, 0.2) is 24.4 Å². The molecule has 3 saturated carbocycles. The smallest absolute Gasteiger partial charge is 0.482 e. The molecule has 1 amide bonds. The molecule has 4 N–H and O–H groups in total. The van der Waals surface area contributed by atoms with Gasteiger partial charge in [-0.15, -0.1) is 5.10 Å². The molecule has 0 unspecified atom stereocenters. The van der Waals surface area contributed by atoms with Crippen molar-refractivity contribution in [1.82, 2.24) is 20.3 Å². The topological polar surface area (TPSA) is 151 Å². The van der Waals surface area contributed by atoms with Crippen LogP contribution >= 0.6 is 0 Å². The molecule has 0 radical (unpaired) electrons. The Kier molecular flexibility index (Phi) is 6.53. The zero-order valence-electron chi connectivity index (χ0n) is 21.6. The molecule has 37 heavy (non-hydrogen) atoms. The molecule has 1 aromatic heterocycles. The van der Waals surface area contributed by atoms with Gasteiger partial charge in [-0.2, -0.15) is 0 Å². The maximum atomic E-state index is 13.1. The molecule has 2 heterocycles. The summed E-state index contributed by atoms with van der Waals surface area (Å²) in [6.07, 6.45) is 3.84. The zero-order valence-corrected chi connectivity index (χ0v) is 21.6. The van der Waals surface area contributed by atoms with E-state index in [1.54, 1.807) is 18.3 Å². The van der Waals surface area contributed by atoms with Crippen LogP contribution in [0.3, 0.4) is 0 Å². The van der Waals surface area contributed by atoms with Crippen LogP contribution in [0.1, 0.15) is 55.2 Å². The number of nitrogens with zero attached hydrogens (tertiary/aromatic N) is 3. The molecule has 11 nitrogen and oxygen atoms in total. The number of carboxylic acid groups (broad SMARTS) is 1. The number of hydrogen-bond donors (Lipinski definition) is 3. The zero-order chi connectivity index (χ0) is 26.5. The van der Waals surface area contributed by atoms with Gasteiger partial charge in [0.25, 0.3) is 0 Å². The Morgan fingerprint density at radius 3 is 2.78 bits per heavy atom. The number of aromatic nitrogens is 3. The molecule has 2 aromatic rings. The molecule has 6 rings (SSSR count). The van der Waals surface area contributed by atoms with Crippen LogP contribution < -0.4 is 15.8 Å². The number of benzene rings is 1. The third-order valence-corrected chi connectivity index (χ3v) is 8.72. The molecule has 12 heteroatoms. The van der Waals surface area contributed by atoms with E-state index in [1.165, 1.54) is 17.9 Å². The molecule has 1 saturated heterocycles. The predicted octanol–water partition coefficient (Wildman–Crippen LogP) is 1.44. The summed E-state index contributed by atoms with van der Waals surface area (Å²) >= 11 is 0. The van der Waals surface area contributed by atoms with Crippen LogP contribution in [0.4, 0.5) is 0 Å². The minimum Gasteiger partial charge on any atom is -0.496 e. The van der Waals surface area contributed by atoms with E-state index in [-0.39, 0.29) is 48.2 Å². The van der Waals surface area contributed by atoms with Crippen molar-refractivity contribution in [3.8, 4) is 5.75 Å². The predicted molar refractivity (Wildman–Crippen MR) is 134 cm³/mol. The Morgan fingerprint density at radius 2 is 2.14 bits per heavy atom. The Labute approximate surface area is 216 Å². The second kappa shape index (κ2) is 9.41. The lowest BCUT2D eigenvalue weighted by molar-refractivity contribution is -0.199. The summed E-state index contributed by atoms with van der Waals surface area (Å²) in [5.41, 5.74) is 6.60. The van der Waals surface area contributed by atoms with Gasteiger partial charge in [0.15, 0.2) is 0 Å². The van der Waals surface area contributed by atoms with Crippen LogP contribution in [-0.2, 0) is 33.6 Å². The SMILES string of the molecule is COc1c(C[C@H](NC(=O)Cn2cc(CN)nn2)B2O[C@@H]3C[C@@H]4C[C@@H](C4(C)C)[C@]3(C)O2)cccc1C(=O)O. The highest BCUT2D eigenvalue weighted by Gasteiger charge is 2.68. The minimum atomic E-state index is -1.09. The number of carbonyl (C=O) groups is 2. The van der Waals surface area contributed by atoms with Crippen LogP contribution in [0.5, 0.6) is 5.75 Å².